The van der Waals surface area contributed by atoms with Crippen LogP contribution < -0.4 is 0 Å². The molecule has 0 N–H and O–H groups in total. The fourth-order valence-corrected chi connectivity index (χ4v) is 349. The minimum absolute atomic E-state index is 0.978. The van der Waals surface area contributed by atoms with Crippen molar-refractivity contribution in [1.29, 1.82) is 0 Å². The van der Waals surface area contributed by atoms with Gasteiger partial charge in [-0.15, -0.1) is 21.8 Å². The Labute approximate surface area is 179 Å². The second-order valence-corrected chi connectivity index (χ2v) is 131. The average Bonchev–Trinajstić information content (AvgIpc) is 1.77. The summed E-state index contributed by atoms with van der Waals surface area (Å²) in [5, 5.41) is 0. The molecule has 0 spiro atoms. The lowest BCUT2D eigenvalue weighted by molar-refractivity contribution is 1.86. The van der Waals surface area contributed by atoms with E-state index in [2.05, 4.69) is 172 Å². The minimum atomic E-state index is -1.05. The molecule has 86 valence electrons. The predicted molar refractivity (Wildman–Crippen MR) is 139 cm³/mol. The Morgan fingerprint density at radius 2 is 0.786 bits per heavy atom. The van der Waals surface area contributed by atoms with Gasteiger partial charge >= 0.3 is 0 Å². The van der Waals surface area contributed by atoms with E-state index in [9.17, 15) is 0 Å². The Balaban J connectivity index is 5.54. The molecule has 0 unspecified atom stereocenters. The fourth-order valence-electron chi connectivity index (χ4n) is 1.01. The maximum atomic E-state index is 2.97. The number of hydrogen-bond acceptors (Lipinski definition) is 0. The molecule has 0 rings (SSSR count). The van der Waals surface area contributed by atoms with Gasteiger partial charge in [-0.05, 0) is 0 Å². The van der Waals surface area contributed by atoms with E-state index in [4.69, 9.17) is 0 Å². The van der Waals surface area contributed by atoms with Gasteiger partial charge in [-0.2, -0.15) is 0 Å². The predicted octanol–water partition coefficient (Wildman–Crippen LogP) is 6.43. The quantitative estimate of drug-likeness (QED) is 0.174. The van der Waals surface area contributed by atoms with Gasteiger partial charge in [-0.25, -0.2) is 0 Å². The third kappa shape index (κ3) is 4.76. The van der Waals surface area contributed by atoms with Gasteiger partial charge in [0.25, 0.3) is 0.163 Å². The second-order valence-electron chi connectivity index (χ2n) is 3.90. The molecular weight excluding hydrogens is 1040 g/mol. The molecule has 0 atom stereocenters. The summed E-state index contributed by atoms with van der Waals surface area (Å²) in [7, 11) is -0.978. The first-order valence-electron chi connectivity index (χ1n) is 3.57. The van der Waals surface area contributed by atoms with Gasteiger partial charge in [-0.1, -0.05) is 150 Å². The van der Waals surface area contributed by atoms with Crippen LogP contribution >= 0.6 is 153 Å². The Hall–Kier alpha value is 5.98. The Morgan fingerprint density at radius 3 is 0.786 bits per heavy atom. The monoisotopic (exact) mass is 1050 g/mol. The molecule has 0 aromatic carbocycles. The van der Waals surface area contributed by atoms with E-state index in [-0.39, 0.29) is 0 Å². The maximum absolute atomic E-state index is 2.97. The summed E-state index contributed by atoms with van der Waals surface area (Å²) in [5.74, 6) is 0. The van der Waals surface area contributed by atoms with Gasteiger partial charge < -0.3 is 0 Å². The van der Waals surface area contributed by atoms with Gasteiger partial charge in [0.15, 0.2) is 4.12 Å². The smallest absolute Gasteiger partial charge is 0.123 e. The van der Waals surface area contributed by atoms with Crippen molar-refractivity contribution < 1.29 is 0 Å². The highest BCUT2D eigenvalue weighted by Gasteiger charge is 2.68. The third-order valence-corrected chi connectivity index (χ3v) is 227. The molecule has 0 fully saturated rings. The van der Waals surface area contributed by atoms with Crippen molar-refractivity contribution in [3.63, 3.8) is 0 Å². The van der Waals surface area contributed by atoms with E-state index < -0.39 is 11.9 Å². The van der Waals surface area contributed by atoms with E-state index in [1.165, 1.54) is 0 Å². The summed E-state index contributed by atoms with van der Waals surface area (Å²) >= 11 is 19.9. The van der Waals surface area contributed by atoms with Crippen molar-refractivity contribution in [1.82, 2.24) is 0 Å². The molecule has 0 bridgehead atoms. The average molecular weight is 1050 g/mol. The van der Waals surface area contributed by atoms with Crippen molar-refractivity contribution in [2.45, 2.75) is 19.6 Å². The van der Waals surface area contributed by atoms with Crippen LogP contribution in [0.4, 0.5) is 0 Å². The summed E-state index contributed by atoms with van der Waals surface area (Å²) in [6.07, 6.45) is 0. The van der Waals surface area contributed by atoms with Gasteiger partial charge in [0, 0.05) is 0 Å². The molecule has 0 aliphatic carbocycles. The molecule has 0 saturated carbocycles. The Bertz CT molecular complexity index is 174. The Morgan fingerprint density at radius 1 is 0.571 bits per heavy atom. The number of hydrogen-bond donors (Lipinski definition) is 0. The standard InChI is InChI=1S/C3H9I7Si4/c1-11(2,3)14(10,12(4,5)6)13(7,8)9/h1-3H3. The molecule has 0 aliphatic rings. The summed E-state index contributed by atoms with van der Waals surface area (Å²) in [5.41, 5.74) is 0. The van der Waals surface area contributed by atoms with Crippen molar-refractivity contribution in [2.75, 3.05) is 0 Å². The van der Waals surface area contributed by atoms with Crippen LogP contribution in [0.15, 0.2) is 0 Å². The highest BCUT2D eigenvalue weighted by molar-refractivity contribution is 14.4. The molecule has 0 aromatic heterocycles. The Kier molecular flexibility index (Phi) is 9.74. The second kappa shape index (κ2) is 6.83. The molecule has 0 heterocycles. The number of halogens is 7. The molecule has 0 aromatic rings. The first-order chi connectivity index (χ1) is 5.75. The zero-order valence-electron chi connectivity index (χ0n) is 7.65. The molecule has 0 amide bonds. The molecule has 0 nitrogen and oxygen atoms in total. The molecule has 0 aliphatic heterocycles. The first kappa shape index (κ1) is 20.0. The zero-order valence-corrected chi connectivity index (χ0v) is 26.7. The summed E-state index contributed by atoms with van der Waals surface area (Å²) in [6, 6.07) is 0. The summed E-state index contributed by atoms with van der Waals surface area (Å²) < 4.78 is -3.14. The van der Waals surface area contributed by atoms with Crippen LogP contribution in [0.1, 0.15) is 0 Å². The molecule has 11 heteroatoms. The van der Waals surface area contributed by atoms with Gasteiger partial charge in [0.05, 0.1) is 7.59 Å². The molecule has 0 saturated heterocycles. The topological polar surface area (TPSA) is 0 Å². The van der Waals surface area contributed by atoms with E-state index in [0.29, 0.717) is 0 Å². The normalized spacial score (nSPS) is 15.9. The van der Waals surface area contributed by atoms with Crippen LogP contribution in [0.2, 0.25) is 19.6 Å². The summed E-state index contributed by atoms with van der Waals surface area (Å²) in [4.78, 5) is 0. The molecule has 0 radical (unpaired) electrons. The van der Waals surface area contributed by atoms with Gasteiger partial charge in [-0.3, -0.25) is 0 Å². The lowest BCUT2D eigenvalue weighted by Crippen LogP contribution is -2.73. The lowest BCUT2D eigenvalue weighted by atomic mass is 11.8. The van der Waals surface area contributed by atoms with Crippen LogP contribution in [0, 0.1) is 0 Å². The fraction of sp³-hybridized carbons (Fsp3) is 1.00. The van der Waals surface area contributed by atoms with E-state index in [0.717, 1.165) is 0 Å². The maximum Gasteiger partial charge on any atom is 0.251 e. The van der Waals surface area contributed by atoms with Crippen molar-refractivity contribution in [2.24, 2.45) is 0 Å². The van der Waals surface area contributed by atoms with E-state index >= 15 is 0 Å². The largest absolute Gasteiger partial charge is 0.251 e. The van der Waals surface area contributed by atoms with Gasteiger partial charge in [0.2, 0.25) is 0 Å². The van der Waals surface area contributed by atoms with Gasteiger partial charge in [0.1, 0.15) is 0 Å². The van der Waals surface area contributed by atoms with Crippen LogP contribution in [0.25, 0.3) is 0 Å². The third-order valence-electron chi connectivity index (χ3n) is 1.81. The van der Waals surface area contributed by atoms with Crippen molar-refractivity contribution in [3.8, 4) is 0 Å². The van der Waals surface area contributed by atoms with Crippen LogP contribution in [-0.4, -0.2) is 11.9 Å². The number of rotatable bonds is 3. The molecule has 14 heavy (non-hydrogen) atoms. The zero-order chi connectivity index (χ0) is 12.0. The SMILES string of the molecule is C[Si](C)(C)[Si](I)([Si](I)(I)I)[Si](I)(I)I. The highest BCUT2D eigenvalue weighted by Crippen LogP contribution is 2.57. The van der Waals surface area contributed by atoms with Crippen LogP contribution in [0.5, 0.6) is 0 Å². The minimum Gasteiger partial charge on any atom is -0.123 e. The summed E-state index contributed by atoms with van der Waals surface area (Å²) in [6.45, 7) is 7.80. The van der Waals surface area contributed by atoms with Crippen molar-refractivity contribution in [3.05, 3.63) is 0 Å². The molecular formula is C3H9I7Si4. The van der Waals surface area contributed by atoms with E-state index in [1.54, 1.807) is 0 Å². The van der Waals surface area contributed by atoms with E-state index in [1.807, 2.05) is 0 Å². The highest BCUT2D eigenvalue weighted by atomic mass is 127. The van der Waals surface area contributed by atoms with Crippen molar-refractivity contribution >= 4 is 164 Å². The first-order valence-corrected chi connectivity index (χ1v) is 37.9. The van der Waals surface area contributed by atoms with Crippen LogP contribution in [0.3, 0.4) is 0 Å². The lowest BCUT2D eigenvalue weighted by Gasteiger charge is -2.45. The van der Waals surface area contributed by atoms with Crippen LogP contribution in [-0.2, 0) is 0 Å².